The molecule has 2 saturated heterocycles. The second-order valence-corrected chi connectivity index (χ2v) is 5.52. The summed E-state index contributed by atoms with van der Waals surface area (Å²) in [6.07, 6.45) is 4.42. The van der Waals surface area contributed by atoms with Crippen molar-refractivity contribution in [3.8, 4) is 0 Å². The zero-order valence-electron chi connectivity index (χ0n) is 11.5. The van der Waals surface area contributed by atoms with Crippen LogP contribution in [0.25, 0.3) is 0 Å². The van der Waals surface area contributed by atoms with E-state index in [4.69, 9.17) is 10.2 Å². The van der Waals surface area contributed by atoms with E-state index in [1.165, 1.54) is 12.8 Å². The van der Waals surface area contributed by atoms with Gasteiger partial charge in [0.2, 0.25) is 0 Å². The van der Waals surface area contributed by atoms with Crippen LogP contribution >= 0.6 is 0 Å². The lowest BCUT2D eigenvalue weighted by atomic mass is 9.99. The molecular formula is C13H23N3O4. The molecule has 20 heavy (non-hydrogen) atoms. The molecule has 2 aliphatic heterocycles. The second-order valence-electron chi connectivity index (χ2n) is 5.52. The van der Waals surface area contributed by atoms with Gasteiger partial charge in [0.15, 0.2) is 0 Å². The van der Waals surface area contributed by atoms with Crippen LogP contribution in [-0.2, 0) is 4.79 Å². The molecular weight excluding hydrogens is 262 g/mol. The van der Waals surface area contributed by atoms with Gasteiger partial charge in [-0.05, 0) is 25.8 Å². The Morgan fingerprint density at radius 1 is 1.25 bits per heavy atom. The van der Waals surface area contributed by atoms with Gasteiger partial charge in [0.25, 0.3) is 0 Å². The monoisotopic (exact) mass is 285 g/mol. The zero-order chi connectivity index (χ0) is 14.5. The van der Waals surface area contributed by atoms with E-state index in [-0.39, 0.29) is 19.1 Å². The minimum Gasteiger partial charge on any atom is -0.480 e. The number of hydrogen-bond acceptors (Lipinski definition) is 4. The van der Waals surface area contributed by atoms with Gasteiger partial charge in [-0.1, -0.05) is 6.42 Å². The first-order chi connectivity index (χ1) is 9.61. The van der Waals surface area contributed by atoms with Gasteiger partial charge in [-0.25, -0.2) is 9.59 Å². The molecule has 2 aliphatic rings. The minimum absolute atomic E-state index is 0.0168. The summed E-state index contributed by atoms with van der Waals surface area (Å²) in [6.45, 7) is 1.82. The van der Waals surface area contributed by atoms with E-state index in [9.17, 15) is 9.59 Å². The van der Waals surface area contributed by atoms with Crippen molar-refractivity contribution < 1.29 is 19.8 Å². The Balaban J connectivity index is 1.83. The van der Waals surface area contributed by atoms with E-state index in [0.29, 0.717) is 6.04 Å². The fourth-order valence-electron chi connectivity index (χ4n) is 3.17. The first-order valence-electron chi connectivity index (χ1n) is 7.26. The Morgan fingerprint density at radius 2 is 2.05 bits per heavy atom. The van der Waals surface area contributed by atoms with Crippen molar-refractivity contribution in [3.05, 3.63) is 0 Å². The Morgan fingerprint density at radius 3 is 2.75 bits per heavy atom. The number of urea groups is 1. The first kappa shape index (κ1) is 15.1. The van der Waals surface area contributed by atoms with Gasteiger partial charge in [-0.3, -0.25) is 4.90 Å². The van der Waals surface area contributed by atoms with Crippen LogP contribution in [0.2, 0.25) is 0 Å². The molecule has 7 nitrogen and oxygen atoms in total. The number of carbonyl (C=O) groups excluding carboxylic acids is 1. The predicted octanol–water partition coefficient (Wildman–Crippen LogP) is -0.252. The summed E-state index contributed by atoms with van der Waals surface area (Å²) in [5.74, 6) is -1.13. The van der Waals surface area contributed by atoms with Gasteiger partial charge in [0.05, 0.1) is 0 Å². The third kappa shape index (κ3) is 3.61. The molecule has 0 bridgehead atoms. The smallest absolute Gasteiger partial charge is 0.326 e. The quantitative estimate of drug-likeness (QED) is 0.558. The van der Waals surface area contributed by atoms with Crippen LogP contribution in [0.15, 0.2) is 0 Å². The van der Waals surface area contributed by atoms with Crippen molar-refractivity contribution in [2.45, 2.75) is 50.2 Å². The number of aliphatic carboxylic acids is 1. The summed E-state index contributed by atoms with van der Waals surface area (Å²) in [7, 11) is 0. The van der Waals surface area contributed by atoms with Gasteiger partial charge in [-0.2, -0.15) is 0 Å². The number of aliphatic hydroxyl groups excluding tert-OH is 1. The number of hydrogen-bond donors (Lipinski definition) is 4. The maximum absolute atomic E-state index is 11.9. The summed E-state index contributed by atoms with van der Waals surface area (Å²) < 4.78 is 0. The highest BCUT2D eigenvalue weighted by atomic mass is 16.4. The Labute approximate surface area is 118 Å². The van der Waals surface area contributed by atoms with Crippen molar-refractivity contribution in [1.29, 1.82) is 0 Å². The lowest BCUT2D eigenvalue weighted by Gasteiger charge is -2.32. The van der Waals surface area contributed by atoms with E-state index in [0.717, 1.165) is 25.9 Å². The highest BCUT2D eigenvalue weighted by Gasteiger charge is 2.36. The van der Waals surface area contributed by atoms with Crippen LogP contribution in [0.1, 0.15) is 32.1 Å². The SMILES string of the molecule is O=C(NC1CCN2CCCCC12)N[C@@H](CCO)C(=O)O. The molecule has 114 valence electrons. The molecule has 2 fully saturated rings. The molecule has 7 heteroatoms. The maximum Gasteiger partial charge on any atom is 0.326 e. The Hall–Kier alpha value is -1.34. The van der Waals surface area contributed by atoms with Crippen LogP contribution in [-0.4, -0.2) is 64.9 Å². The number of carbonyl (C=O) groups is 2. The third-order valence-corrected chi connectivity index (χ3v) is 4.19. The summed E-state index contributed by atoms with van der Waals surface area (Å²) >= 11 is 0. The molecule has 0 aromatic rings. The average molecular weight is 285 g/mol. The largest absolute Gasteiger partial charge is 0.480 e. The maximum atomic E-state index is 11.9. The van der Waals surface area contributed by atoms with Crippen molar-refractivity contribution in [2.75, 3.05) is 19.7 Å². The number of amides is 2. The highest BCUT2D eigenvalue weighted by Crippen LogP contribution is 2.26. The third-order valence-electron chi connectivity index (χ3n) is 4.19. The fraction of sp³-hybridized carbons (Fsp3) is 0.846. The van der Waals surface area contributed by atoms with Gasteiger partial charge in [-0.15, -0.1) is 0 Å². The molecule has 4 N–H and O–H groups in total. The van der Waals surface area contributed by atoms with Crippen LogP contribution in [0, 0.1) is 0 Å². The van der Waals surface area contributed by atoms with Crippen molar-refractivity contribution in [3.63, 3.8) is 0 Å². The van der Waals surface area contributed by atoms with Crippen LogP contribution in [0.3, 0.4) is 0 Å². The number of carboxylic acid groups (broad SMARTS) is 1. The van der Waals surface area contributed by atoms with Gasteiger partial charge in [0.1, 0.15) is 6.04 Å². The fourth-order valence-corrected chi connectivity index (χ4v) is 3.17. The van der Waals surface area contributed by atoms with Crippen LogP contribution < -0.4 is 10.6 Å². The van der Waals surface area contributed by atoms with E-state index in [2.05, 4.69) is 15.5 Å². The first-order valence-corrected chi connectivity index (χ1v) is 7.26. The second kappa shape index (κ2) is 6.90. The standard InChI is InChI=1S/C13H23N3O4/c17-8-5-10(12(18)19)15-13(20)14-9-4-7-16-6-2-1-3-11(9)16/h9-11,17H,1-8H2,(H,18,19)(H2,14,15,20)/t9?,10-,11?/m0/s1. The molecule has 0 radical (unpaired) electrons. The number of aliphatic hydroxyl groups is 1. The molecule has 2 rings (SSSR count). The topological polar surface area (TPSA) is 102 Å². The number of rotatable bonds is 5. The van der Waals surface area contributed by atoms with Crippen LogP contribution in [0.4, 0.5) is 4.79 Å². The van der Waals surface area contributed by atoms with Gasteiger partial charge in [0, 0.05) is 31.7 Å². The molecule has 2 amide bonds. The molecule has 0 aliphatic carbocycles. The van der Waals surface area contributed by atoms with Crippen molar-refractivity contribution in [2.24, 2.45) is 0 Å². The van der Waals surface area contributed by atoms with E-state index < -0.39 is 18.0 Å². The molecule has 0 aromatic carbocycles. The lowest BCUT2D eigenvalue weighted by molar-refractivity contribution is -0.139. The van der Waals surface area contributed by atoms with Gasteiger partial charge < -0.3 is 20.8 Å². The number of piperidine rings is 1. The molecule has 0 saturated carbocycles. The summed E-state index contributed by atoms with van der Waals surface area (Å²) in [5.41, 5.74) is 0. The van der Waals surface area contributed by atoms with Crippen molar-refractivity contribution >= 4 is 12.0 Å². The van der Waals surface area contributed by atoms with E-state index in [1.54, 1.807) is 0 Å². The summed E-state index contributed by atoms with van der Waals surface area (Å²) in [6, 6.07) is -1.01. The van der Waals surface area contributed by atoms with E-state index >= 15 is 0 Å². The number of fused-ring (bicyclic) bond motifs is 1. The predicted molar refractivity (Wildman–Crippen MR) is 72.4 cm³/mol. The molecule has 0 spiro atoms. The highest BCUT2D eigenvalue weighted by molar-refractivity contribution is 5.82. The Bertz CT molecular complexity index is 364. The number of carboxylic acids is 1. The zero-order valence-corrected chi connectivity index (χ0v) is 11.5. The minimum atomic E-state index is -1.13. The van der Waals surface area contributed by atoms with E-state index in [1.807, 2.05) is 0 Å². The normalized spacial score (nSPS) is 27.6. The lowest BCUT2D eigenvalue weighted by Crippen LogP contribution is -2.53. The molecule has 2 heterocycles. The van der Waals surface area contributed by atoms with Crippen molar-refractivity contribution in [1.82, 2.24) is 15.5 Å². The summed E-state index contributed by atoms with van der Waals surface area (Å²) in [5, 5.41) is 23.0. The molecule has 2 unspecified atom stereocenters. The molecule has 3 atom stereocenters. The average Bonchev–Trinajstić information content (AvgIpc) is 2.81. The van der Waals surface area contributed by atoms with Crippen LogP contribution in [0.5, 0.6) is 0 Å². The summed E-state index contributed by atoms with van der Waals surface area (Å²) in [4.78, 5) is 25.2. The number of nitrogens with zero attached hydrogens (tertiary/aromatic N) is 1. The number of nitrogens with one attached hydrogen (secondary N) is 2. The Kier molecular flexibility index (Phi) is 5.19. The van der Waals surface area contributed by atoms with Gasteiger partial charge >= 0.3 is 12.0 Å². The molecule has 0 aromatic heterocycles.